The van der Waals surface area contributed by atoms with E-state index in [4.69, 9.17) is 4.74 Å². The van der Waals surface area contributed by atoms with Crippen LogP contribution >= 0.6 is 0 Å². The van der Waals surface area contributed by atoms with Crippen LogP contribution in [0.2, 0.25) is 0 Å². The molecule has 0 spiro atoms. The first-order chi connectivity index (χ1) is 9.60. The number of methoxy groups -OCH3 is 1. The van der Waals surface area contributed by atoms with E-state index >= 15 is 0 Å². The number of benzene rings is 1. The standard InChI is InChI=1S/C17H28N2O/c1-13(15-8-10-19(3)11-9-15)18-17-7-5-6-16(12-17)14(2)20-4/h5-7,12-15,18H,8-11H2,1-4H3. The quantitative estimate of drug-likeness (QED) is 0.890. The van der Waals surface area contributed by atoms with Gasteiger partial charge < -0.3 is 15.0 Å². The molecule has 1 saturated heterocycles. The van der Waals surface area contributed by atoms with Gasteiger partial charge in [0.05, 0.1) is 6.10 Å². The predicted octanol–water partition coefficient (Wildman–Crippen LogP) is 3.54. The zero-order valence-electron chi connectivity index (χ0n) is 13.2. The lowest BCUT2D eigenvalue weighted by atomic mass is 9.90. The Labute approximate surface area is 123 Å². The summed E-state index contributed by atoms with van der Waals surface area (Å²) in [6, 6.07) is 9.11. The van der Waals surface area contributed by atoms with E-state index in [1.807, 2.05) is 0 Å². The van der Waals surface area contributed by atoms with Crippen molar-refractivity contribution in [1.29, 1.82) is 0 Å². The molecule has 2 rings (SSSR count). The first-order valence-corrected chi connectivity index (χ1v) is 7.68. The number of piperidine rings is 1. The minimum absolute atomic E-state index is 0.149. The number of nitrogens with zero attached hydrogens (tertiary/aromatic N) is 1. The minimum atomic E-state index is 0.149. The van der Waals surface area contributed by atoms with E-state index in [9.17, 15) is 0 Å². The number of hydrogen-bond donors (Lipinski definition) is 1. The molecule has 0 radical (unpaired) electrons. The highest BCUT2D eigenvalue weighted by Crippen LogP contribution is 2.24. The Balaban J connectivity index is 1.95. The highest BCUT2D eigenvalue weighted by Gasteiger charge is 2.22. The Kier molecular flexibility index (Phi) is 5.44. The maximum Gasteiger partial charge on any atom is 0.0793 e. The molecular formula is C17H28N2O. The summed E-state index contributed by atoms with van der Waals surface area (Å²) in [5.41, 5.74) is 2.44. The van der Waals surface area contributed by atoms with Crippen LogP contribution in [0.15, 0.2) is 24.3 Å². The number of nitrogens with one attached hydrogen (secondary N) is 1. The summed E-state index contributed by atoms with van der Waals surface area (Å²) < 4.78 is 5.39. The predicted molar refractivity (Wildman–Crippen MR) is 85.2 cm³/mol. The average molecular weight is 276 g/mol. The van der Waals surface area contributed by atoms with Crippen LogP contribution in [0, 0.1) is 5.92 Å². The topological polar surface area (TPSA) is 24.5 Å². The van der Waals surface area contributed by atoms with Crippen LogP contribution in [0.4, 0.5) is 5.69 Å². The zero-order chi connectivity index (χ0) is 14.5. The van der Waals surface area contributed by atoms with Gasteiger partial charge in [0.1, 0.15) is 0 Å². The molecule has 1 heterocycles. The molecule has 0 aliphatic carbocycles. The first-order valence-electron chi connectivity index (χ1n) is 7.68. The van der Waals surface area contributed by atoms with Crippen LogP contribution in [-0.4, -0.2) is 38.2 Å². The maximum atomic E-state index is 5.39. The van der Waals surface area contributed by atoms with Gasteiger partial charge in [0.2, 0.25) is 0 Å². The number of likely N-dealkylation sites (tertiary alicyclic amines) is 1. The lowest BCUT2D eigenvalue weighted by Gasteiger charge is -2.33. The molecule has 2 unspecified atom stereocenters. The van der Waals surface area contributed by atoms with Crippen molar-refractivity contribution in [3.63, 3.8) is 0 Å². The molecule has 0 amide bonds. The third-order valence-electron chi connectivity index (χ3n) is 4.57. The normalized spacial score (nSPS) is 20.6. The van der Waals surface area contributed by atoms with E-state index in [2.05, 4.69) is 55.4 Å². The summed E-state index contributed by atoms with van der Waals surface area (Å²) in [4.78, 5) is 2.42. The number of rotatable bonds is 5. The van der Waals surface area contributed by atoms with Crippen molar-refractivity contribution in [3.8, 4) is 0 Å². The Morgan fingerprint density at radius 1 is 1.25 bits per heavy atom. The van der Waals surface area contributed by atoms with E-state index < -0.39 is 0 Å². The summed E-state index contributed by atoms with van der Waals surface area (Å²) in [5, 5.41) is 3.67. The SMILES string of the molecule is COC(C)c1cccc(NC(C)C2CCN(C)CC2)c1. The smallest absolute Gasteiger partial charge is 0.0793 e. The minimum Gasteiger partial charge on any atom is -0.382 e. The maximum absolute atomic E-state index is 5.39. The monoisotopic (exact) mass is 276 g/mol. The van der Waals surface area contributed by atoms with Gasteiger partial charge in [-0.1, -0.05) is 12.1 Å². The Hall–Kier alpha value is -1.06. The van der Waals surface area contributed by atoms with Gasteiger partial charge in [-0.05, 0) is 70.4 Å². The van der Waals surface area contributed by atoms with Gasteiger partial charge in [0, 0.05) is 18.8 Å². The summed E-state index contributed by atoms with van der Waals surface area (Å²) in [6.45, 7) is 6.83. The van der Waals surface area contributed by atoms with Gasteiger partial charge in [-0.15, -0.1) is 0 Å². The van der Waals surface area contributed by atoms with Crippen LogP contribution in [0.3, 0.4) is 0 Å². The Morgan fingerprint density at radius 2 is 1.95 bits per heavy atom. The Bertz CT molecular complexity index is 413. The van der Waals surface area contributed by atoms with Crippen LogP contribution < -0.4 is 5.32 Å². The van der Waals surface area contributed by atoms with E-state index in [1.54, 1.807) is 7.11 Å². The average Bonchev–Trinajstić information content (AvgIpc) is 2.47. The molecule has 3 nitrogen and oxygen atoms in total. The molecule has 0 aromatic heterocycles. The molecule has 1 aliphatic heterocycles. The molecular weight excluding hydrogens is 248 g/mol. The van der Waals surface area contributed by atoms with E-state index in [1.165, 1.54) is 37.2 Å². The third kappa shape index (κ3) is 3.97. The molecule has 1 aliphatic rings. The molecule has 0 bridgehead atoms. The van der Waals surface area contributed by atoms with Gasteiger partial charge in [-0.25, -0.2) is 0 Å². The molecule has 1 aromatic carbocycles. The summed E-state index contributed by atoms with van der Waals surface area (Å²) in [6.07, 6.45) is 2.73. The van der Waals surface area contributed by atoms with Crippen molar-refractivity contribution in [3.05, 3.63) is 29.8 Å². The molecule has 112 valence electrons. The van der Waals surface area contributed by atoms with Crippen LogP contribution in [0.5, 0.6) is 0 Å². The van der Waals surface area contributed by atoms with Crippen LogP contribution in [0.25, 0.3) is 0 Å². The van der Waals surface area contributed by atoms with E-state index in [0.29, 0.717) is 6.04 Å². The molecule has 2 atom stereocenters. The van der Waals surface area contributed by atoms with Gasteiger partial charge in [0.15, 0.2) is 0 Å². The molecule has 20 heavy (non-hydrogen) atoms. The van der Waals surface area contributed by atoms with Crippen molar-refractivity contribution in [1.82, 2.24) is 4.90 Å². The summed E-state index contributed by atoms with van der Waals surface area (Å²) in [7, 11) is 3.97. The lowest BCUT2D eigenvalue weighted by molar-refractivity contribution is 0.119. The fourth-order valence-corrected chi connectivity index (χ4v) is 2.93. The van der Waals surface area contributed by atoms with E-state index in [0.717, 1.165) is 5.92 Å². The van der Waals surface area contributed by atoms with E-state index in [-0.39, 0.29) is 6.10 Å². The molecule has 3 heteroatoms. The lowest BCUT2D eigenvalue weighted by Crippen LogP contribution is -2.37. The first kappa shape index (κ1) is 15.3. The molecule has 1 N–H and O–H groups in total. The number of anilines is 1. The van der Waals surface area contributed by atoms with Gasteiger partial charge in [-0.2, -0.15) is 0 Å². The van der Waals surface area contributed by atoms with Crippen molar-refractivity contribution >= 4 is 5.69 Å². The Morgan fingerprint density at radius 3 is 2.60 bits per heavy atom. The third-order valence-corrected chi connectivity index (χ3v) is 4.57. The largest absolute Gasteiger partial charge is 0.382 e. The fourth-order valence-electron chi connectivity index (χ4n) is 2.93. The van der Waals surface area contributed by atoms with Crippen LogP contribution in [0.1, 0.15) is 38.4 Å². The summed E-state index contributed by atoms with van der Waals surface area (Å²) in [5.74, 6) is 0.773. The second-order valence-corrected chi connectivity index (χ2v) is 6.08. The second-order valence-electron chi connectivity index (χ2n) is 6.08. The van der Waals surface area contributed by atoms with Gasteiger partial charge >= 0.3 is 0 Å². The molecule has 1 aromatic rings. The second kappa shape index (κ2) is 7.09. The van der Waals surface area contributed by atoms with Crippen molar-refractivity contribution in [2.45, 2.75) is 38.8 Å². The fraction of sp³-hybridized carbons (Fsp3) is 0.647. The number of ether oxygens (including phenoxy) is 1. The molecule has 1 fully saturated rings. The van der Waals surface area contributed by atoms with Crippen LogP contribution in [-0.2, 0) is 4.74 Å². The zero-order valence-corrected chi connectivity index (χ0v) is 13.2. The van der Waals surface area contributed by atoms with Crippen molar-refractivity contribution in [2.75, 3.05) is 32.6 Å². The van der Waals surface area contributed by atoms with Crippen molar-refractivity contribution in [2.24, 2.45) is 5.92 Å². The van der Waals surface area contributed by atoms with Gasteiger partial charge in [0.25, 0.3) is 0 Å². The van der Waals surface area contributed by atoms with Gasteiger partial charge in [-0.3, -0.25) is 0 Å². The highest BCUT2D eigenvalue weighted by atomic mass is 16.5. The highest BCUT2D eigenvalue weighted by molar-refractivity contribution is 5.47. The van der Waals surface area contributed by atoms with Crippen molar-refractivity contribution < 1.29 is 4.74 Å². The summed E-state index contributed by atoms with van der Waals surface area (Å²) >= 11 is 0. The number of hydrogen-bond acceptors (Lipinski definition) is 3. The molecule has 0 saturated carbocycles.